The standard InChI is InChI=1S/C21H18N2O5S.C10H9NO3/c1-26-12-6-4-11(5-7-12)23-19(24)15-10-13(27-2)8-9-14(15)16-17(22)18(21(25)28-3)29-20(16)23;1-14-8-3-2-7(4-5-11)9(6-8)10(12)13/h4-10H,22H2,1-3H3;2-3,6H,4H2,1H3,(H,12,13). The molecule has 0 bridgehead atoms. The zero-order chi connectivity index (χ0) is 31.3. The van der Waals surface area contributed by atoms with Gasteiger partial charge >= 0.3 is 11.9 Å². The van der Waals surface area contributed by atoms with Crippen molar-refractivity contribution in [1.29, 1.82) is 5.26 Å². The van der Waals surface area contributed by atoms with Crippen LogP contribution in [0.15, 0.2) is 65.5 Å². The molecule has 5 aromatic rings. The van der Waals surface area contributed by atoms with Crippen molar-refractivity contribution in [2.45, 2.75) is 6.42 Å². The van der Waals surface area contributed by atoms with Gasteiger partial charge in [-0.25, -0.2) is 9.59 Å². The number of esters is 1. The van der Waals surface area contributed by atoms with Gasteiger partial charge in [0.1, 0.15) is 27.0 Å². The minimum absolute atomic E-state index is 0.0889. The number of carbonyl (C=O) groups is 2. The quantitative estimate of drug-likeness (QED) is 0.241. The summed E-state index contributed by atoms with van der Waals surface area (Å²) in [6.07, 6.45) is 0.0889. The molecule has 11 nitrogen and oxygen atoms in total. The summed E-state index contributed by atoms with van der Waals surface area (Å²) in [6.45, 7) is 0. The maximum Gasteiger partial charge on any atom is 0.350 e. The van der Waals surface area contributed by atoms with E-state index in [9.17, 15) is 14.4 Å². The number of anilines is 1. The summed E-state index contributed by atoms with van der Waals surface area (Å²) in [4.78, 5) is 37.3. The second-order valence-electron chi connectivity index (χ2n) is 8.93. The van der Waals surface area contributed by atoms with Crippen LogP contribution < -0.4 is 25.5 Å². The largest absolute Gasteiger partial charge is 0.497 e. The molecule has 220 valence electrons. The van der Waals surface area contributed by atoms with Gasteiger partial charge in [0.05, 0.1) is 63.3 Å². The van der Waals surface area contributed by atoms with Gasteiger partial charge in [0.15, 0.2) is 0 Å². The van der Waals surface area contributed by atoms with Gasteiger partial charge in [-0.15, -0.1) is 11.3 Å². The molecule has 3 N–H and O–H groups in total. The summed E-state index contributed by atoms with van der Waals surface area (Å²) >= 11 is 1.13. The zero-order valence-electron chi connectivity index (χ0n) is 23.7. The highest BCUT2D eigenvalue weighted by Gasteiger charge is 2.23. The topological polar surface area (TPSA) is 163 Å². The number of aromatic nitrogens is 1. The molecule has 0 aliphatic heterocycles. The lowest BCUT2D eigenvalue weighted by molar-refractivity contribution is 0.0606. The van der Waals surface area contributed by atoms with Crippen LogP contribution in [-0.4, -0.2) is 50.1 Å². The minimum atomic E-state index is -1.05. The lowest BCUT2D eigenvalue weighted by Crippen LogP contribution is -2.18. The van der Waals surface area contributed by atoms with Crippen LogP contribution in [0.5, 0.6) is 17.2 Å². The number of fused-ring (bicyclic) bond motifs is 3. The van der Waals surface area contributed by atoms with Crippen molar-refractivity contribution < 1.29 is 33.6 Å². The first-order chi connectivity index (χ1) is 20.7. The van der Waals surface area contributed by atoms with Crippen molar-refractivity contribution >= 4 is 50.0 Å². The molecule has 3 aromatic carbocycles. The fourth-order valence-electron chi connectivity index (χ4n) is 4.44. The summed E-state index contributed by atoms with van der Waals surface area (Å²) in [5, 5.41) is 19.0. The van der Waals surface area contributed by atoms with E-state index >= 15 is 0 Å². The number of ether oxygens (including phenoxy) is 4. The number of methoxy groups -OCH3 is 4. The predicted molar refractivity (Wildman–Crippen MR) is 163 cm³/mol. The molecule has 5 rings (SSSR count). The van der Waals surface area contributed by atoms with E-state index in [4.69, 9.17) is 35.0 Å². The molecule has 0 unspecified atom stereocenters. The Labute approximate surface area is 249 Å². The first kappa shape index (κ1) is 30.4. The zero-order valence-corrected chi connectivity index (χ0v) is 24.5. The minimum Gasteiger partial charge on any atom is -0.497 e. The smallest absolute Gasteiger partial charge is 0.350 e. The van der Waals surface area contributed by atoms with E-state index in [1.807, 2.05) is 6.07 Å². The molecule has 0 saturated heterocycles. The average Bonchev–Trinajstić information content (AvgIpc) is 3.37. The normalized spacial score (nSPS) is 10.4. The molecule has 2 heterocycles. The lowest BCUT2D eigenvalue weighted by Gasteiger charge is -2.12. The summed E-state index contributed by atoms with van der Waals surface area (Å²) in [6, 6.07) is 18.8. The van der Waals surface area contributed by atoms with Gasteiger partial charge in [-0.05, 0) is 65.5 Å². The lowest BCUT2D eigenvalue weighted by atomic mass is 10.1. The Balaban J connectivity index is 0.000000255. The number of nitrogen functional groups attached to an aromatic ring is 1. The van der Waals surface area contributed by atoms with Gasteiger partial charge in [-0.1, -0.05) is 6.07 Å². The number of hydrogen-bond donors (Lipinski definition) is 2. The molecule has 0 fully saturated rings. The maximum absolute atomic E-state index is 13.5. The molecule has 0 radical (unpaired) electrons. The van der Waals surface area contributed by atoms with Crippen LogP contribution in [0, 0.1) is 11.3 Å². The predicted octanol–water partition coefficient (Wildman–Crippen LogP) is 5.05. The molecule has 0 saturated carbocycles. The summed E-state index contributed by atoms with van der Waals surface area (Å²) in [5.74, 6) is 0.107. The average molecular weight is 602 g/mol. The van der Waals surface area contributed by atoms with Crippen LogP contribution >= 0.6 is 11.3 Å². The van der Waals surface area contributed by atoms with Crippen molar-refractivity contribution in [2.24, 2.45) is 0 Å². The Hall–Kier alpha value is -5.54. The summed E-state index contributed by atoms with van der Waals surface area (Å²) in [5.41, 5.74) is 7.63. The molecule has 0 aliphatic carbocycles. The Morgan fingerprint density at radius 2 is 1.51 bits per heavy atom. The van der Waals surface area contributed by atoms with E-state index in [0.717, 1.165) is 11.3 Å². The number of carboxylic acid groups (broad SMARTS) is 1. The van der Waals surface area contributed by atoms with Crippen LogP contribution in [0.25, 0.3) is 26.7 Å². The number of nitrogens with two attached hydrogens (primary N) is 1. The molecule has 0 atom stereocenters. The second-order valence-corrected chi connectivity index (χ2v) is 9.93. The van der Waals surface area contributed by atoms with Crippen LogP contribution in [0.4, 0.5) is 5.69 Å². The second kappa shape index (κ2) is 13.0. The van der Waals surface area contributed by atoms with E-state index < -0.39 is 11.9 Å². The highest BCUT2D eigenvalue weighted by molar-refractivity contribution is 7.21. The number of nitriles is 1. The monoisotopic (exact) mass is 601 g/mol. The van der Waals surface area contributed by atoms with E-state index in [-0.39, 0.29) is 28.1 Å². The third-order valence-electron chi connectivity index (χ3n) is 6.58. The molecular weight excluding hydrogens is 574 g/mol. The molecule has 0 amide bonds. The van der Waals surface area contributed by atoms with Crippen molar-refractivity contribution in [1.82, 2.24) is 4.57 Å². The van der Waals surface area contributed by atoms with Gasteiger partial charge in [0.25, 0.3) is 5.56 Å². The number of nitrogens with zero attached hydrogens (tertiary/aromatic N) is 2. The highest BCUT2D eigenvalue weighted by atomic mass is 32.1. The first-order valence-corrected chi connectivity index (χ1v) is 13.4. The highest BCUT2D eigenvalue weighted by Crippen LogP contribution is 2.39. The summed E-state index contributed by atoms with van der Waals surface area (Å²) in [7, 11) is 5.87. The molecule has 43 heavy (non-hydrogen) atoms. The Morgan fingerprint density at radius 1 is 0.907 bits per heavy atom. The van der Waals surface area contributed by atoms with Crippen LogP contribution in [-0.2, 0) is 11.2 Å². The van der Waals surface area contributed by atoms with E-state index in [1.54, 1.807) is 66.3 Å². The van der Waals surface area contributed by atoms with Crippen LogP contribution in [0.3, 0.4) is 0 Å². The van der Waals surface area contributed by atoms with Crippen LogP contribution in [0.2, 0.25) is 0 Å². The third-order valence-corrected chi connectivity index (χ3v) is 7.75. The van der Waals surface area contributed by atoms with E-state index in [2.05, 4.69) is 0 Å². The van der Waals surface area contributed by atoms with Gasteiger partial charge in [0.2, 0.25) is 0 Å². The number of pyridine rings is 1. The SMILES string of the molecule is COC(=O)c1sc2c(c1N)c1ccc(OC)cc1c(=O)n2-c1ccc(OC)cc1.COc1ccc(CC#N)c(C(=O)O)c1. The number of rotatable bonds is 7. The van der Waals surface area contributed by atoms with Gasteiger partial charge < -0.3 is 29.8 Å². The number of thiophene rings is 1. The fourth-order valence-corrected chi connectivity index (χ4v) is 5.61. The van der Waals surface area contributed by atoms with Crippen molar-refractivity contribution in [2.75, 3.05) is 34.2 Å². The van der Waals surface area contributed by atoms with Crippen molar-refractivity contribution in [3.63, 3.8) is 0 Å². The number of aromatic carboxylic acids is 1. The summed E-state index contributed by atoms with van der Waals surface area (Å²) < 4.78 is 21.8. The van der Waals surface area contributed by atoms with Gasteiger partial charge in [-0.3, -0.25) is 9.36 Å². The Bertz CT molecular complexity index is 1940. The molecule has 12 heteroatoms. The molecule has 0 spiro atoms. The van der Waals surface area contributed by atoms with Crippen molar-refractivity contribution in [3.8, 4) is 29.0 Å². The molecule has 2 aromatic heterocycles. The van der Waals surface area contributed by atoms with Gasteiger partial charge in [-0.2, -0.15) is 5.26 Å². The van der Waals surface area contributed by atoms with Crippen molar-refractivity contribution in [3.05, 3.63) is 87.0 Å². The maximum atomic E-state index is 13.5. The molecular formula is C31H27N3O8S. The number of carboxylic acids is 1. The first-order valence-electron chi connectivity index (χ1n) is 12.6. The number of carbonyl (C=O) groups excluding carboxylic acids is 1. The number of hydrogen-bond acceptors (Lipinski definition) is 10. The molecule has 0 aliphatic rings. The van der Waals surface area contributed by atoms with E-state index in [0.29, 0.717) is 49.5 Å². The Kier molecular flexibility index (Phi) is 9.17. The van der Waals surface area contributed by atoms with Crippen LogP contribution in [0.1, 0.15) is 25.6 Å². The van der Waals surface area contributed by atoms with E-state index in [1.165, 1.54) is 27.4 Å². The third kappa shape index (κ3) is 5.93. The Morgan fingerprint density at radius 3 is 2.09 bits per heavy atom. The fraction of sp³-hybridized carbons (Fsp3) is 0.161. The van der Waals surface area contributed by atoms with Gasteiger partial charge in [0, 0.05) is 5.39 Å². The number of benzene rings is 3.